The third kappa shape index (κ3) is 3.08. The van der Waals surface area contributed by atoms with Gasteiger partial charge in [-0.3, -0.25) is 9.78 Å². The summed E-state index contributed by atoms with van der Waals surface area (Å²) in [6.45, 7) is 5.82. The van der Waals surface area contributed by atoms with Crippen LogP contribution in [0.2, 0.25) is 0 Å². The van der Waals surface area contributed by atoms with Gasteiger partial charge in [-0.15, -0.1) is 0 Å². The number of aryl methyl sites for hydroxylation is 2. The van der Waals surface area contributed by atoms with Crippen molar-refractivity contribution in [3.05, 3.63) is 59.2 Å². The van der Waals surface area contributed by atoms with E-state index in [9.17, 15) is 4.79 Å². The van der Waals surface area contributed by atoms with Crippen molar-refractivity contribution in [2.75, 3.05) is 0 Å². The summed E-state index contributed by atoms with van der Waals surface area (Å²) in [5.41, 5.74) is 4.20. The molecule has 3 rings (SSSR count). The second-order valence-electron chi connectivity index (χ2n) is 5.62. The highest BCUT2D eigenvalue weighted by Crippen LogP contribution is 2.16. The smallest absolute Gasteiger partial charge is 0.253 e. The van der Waals surface area contributed by atoms with E-state index in [4.69, 9.17) is 0 Å². The Morgan fingerprint density at radius 2 is 2.00 bits per heavy atom. The van der Waals surface area contributed by atoms with Gasteiger partial charge in [0.25, 0.3) is 5.91 Å². The van der Waals surface area contributed by atoms with Gasteiger partial charge < -0.3 is 10.3 Å². The Morgan fingerprint density at radius 1 is 1.22 bits per heavy atom. The molecule has 2 N–H and O–H groups in total. The summed E-state index contributed by atoms with van der Waals surface area (Å²) in [4.78, 5) is 24.7. The largest absolute Gasteiger partial charge is 0.342 e. The van der Waals surface area contributed by atoms with E-state index in [1.165, 1.54) is 0 Å². The molecule has 2 heterocycles. The molecule has 1 aromatic carbocycles. The van der Waals surface area contributed by atoms with Crippen LogP contribution in [0.15, 0.2) is 36.4 Å². The van der Waals surface area contributed by atoms with E-state index in [1.54, 1.807) is 0 Å². The maximum absolute atomic E-state index is 12.5. The van der Waals surface area contributed by atoms with Crippen LogP contribution in [0, 0.1) is 6.92 Å². The molecular formula is C18H20N4O. The second-order valence-corrected chi connectivity index (χ2v) is 5.62. The van der Waals surface area contributed by atoms with Gasteiger partial charge >= 0.3 is 0 Å². The summed E-state index contributed by atoms with van der Waals surface area (Å²) in [6.07, 6.45) is 0.859. The molecule has 5 heteroatoms. The van der Waals surface area contributed by atoms with Gasteiger partial charge in [-0.25, -0.2) is 4.98 Å². The zero-order valence-electron chi connectivity index (χ0n) is 13.6. The van der Waals surface area contributed by atoms with Gasteiger partial charge in [-0.2, -0.15) is 0 Å². The number of imidazole rings is 1. The van der Waals surface area contributed by atoms with Crippen LogP contribution in [0.3, 0.4) is 0 Å². The first-order valence-electron chi connectivity index (χ1n) is 7.80. The van der Waals surface area contributed by atoms with Crippen molar-refractivity contribution >= 4 is 16.9 Å². The number of benzene rings is 1. The first kappa shape index (κ1) is 15.2. The number of rotatable bonds is 4. The van der Waals surface area contributed by atoms with Crippen molar-refractivity contribution in [2.24, 2.45) is 0 Å². The molecule has 1 amide bonds. The summed E-state index contributed by atoms with van der Waals surface area (Å²) in [6, 6.07) is 11.3. The number of nitrogens with zero attached hydrogens (tertiary/aromatic N) is 2. The van der Waals surface area contributed by atoms with Gasteiger partial charge in [-0.05, 0) is 44.5 Å². The third-order valence-corrected chi connectivity index (χ3v) is 3.92. The van der Waals surface area contributed by atoms with E-state index in [0.29, 0.717) is 5.56 Å². The Balaban J connectivity index is 1.79. The fraction of sp³-hybridized carbons (Fsp3) is 0.278. The first-order valence-corrected chi connectivity index (χ1v) is 7.80. The van der Waals surface area contributed by atoms with Crippen LogP contribution in [0.4, 0.5) is 0 Å². The SMILES string of the molecule is CCc1ccc(C(=O)NC(C)c2nc3ccccc3[nH]2)c(C)n1. The molecule has 1 unspecified atom stereocenters. The van der Waals surface area contributed by atoms with E-state index in [0.717, 1.165) is 34.7 Å². The molecule has 0 spiro atoms. The molecule has 3 aromatic rings. The highest BCUT2D eigenvalue weighted by molar-refractivity contribution is 5.95. The van der Waals surface area contributed by atoms with E-state index in [2.05, 4.69) is 20.3 Å². The van der Waals surface area contributed by atoms with Crippen molar-refractivity contribution in [3.63, 3.8) is 0 Å². The average Bonchev–Trinajstić information content (AvgIpc) is 2.98. The predicted octanol–water partition coefficient (Wildman–Crippen LogP) is 3.32. The van der Waals surface area contributed by atoms with E-state index in [-0.39, 0.29) is 11.9 Å². The second kappa shape index (κ2) is 6.20. The molecule has 0 saturated carbocycles. The van der Waals surface area contributed by atoms with Crippen LogP contribution in [-0.2, 0) is 6.42 Å². The Kier molecular flexibility index (Phi) is 4.10. The van der Waals surface area contributed by atoms with Crippen molar-refractivity contribution in [3.8, 4) is 0 Å². The van der Waals surface area contributed by atoms with Crippen LogP contribution in [0.5, 0.6) is 0 Å². The minimum absolute atomic E-state index is 0.134. The van der Waals surface area contributed by atoms with Crippen LogP contribution in [0.25, 0.3) is 11.0 Å². The highest BCUT2D eigenvalue weighted by atomic mass is 16.1. The lowest BCUT2D eigenvalue weighted by Gasteiger charge is -2.13. The quantitative estimate of drug-likeness (QED) is 0.776. The summed E-state index contributed by atoms with van der Waals surface area (Å²) < 4.78 is 0. The lowest BCUT2D eigenvalue weighted by Crippen LogP contribution is -2.28. The number of carbonyl (C=O) groups excluding carboxylic acids is 1. The maximum atomic E-state index is 12.5. The molecule has 1 atom stereocenters. The zero-order valence-corrected chi connectivity index (χ0v) is 13.6. The molecule has 0 bridgehead atoms. The van der Waals surface area contributed by atoms with Gasteiger partial charge in [0.15, 0.2) is 0 Å². The van der Waals surface area contributed by atoms with Gasteiger partial charge in [0.05, 0.1) is 28.3 Å². The summed E-state index contributed by atoms with van der Waals surface area (Å²) >= 11 is 0. The Hall–Kier alpha value is -2.69. The summed E-state index contributed by atoms with van der Waals surface area (Å²) in [5.74, 6) is 0.612. The van der Waals surface area contributed by atoms with E-state index >= 15 is 0 Å². The lowest BCUT2D eigenvalue weighted by atomic mass is 10.1. The van der Waals surface area contributed by atoms with Crippen LogP contribution < -0.4 is 5.32 Å². The number of para-hydroxylation sites is 2. The average molecular weight is 308 g/mol. The minimum Gasteiger partial charge on any atom is -0.342 e. The van der Waals surface area contributed by atoms with Crippen LogP contribution in [-0.4, -0.2) is 20.9 Å². The standard InChI is InChI=1S/C18H20N4O/c1-4-13-9-10-14(11(2)19-13)18(23)20-12(3)17-21-15-7-5-6-8-16(15)22-17/h5-10,12H,4H2,1-3H3,(H,20,23)(H,21,22). The zero-order chi connectivity index (χ0) is 16.4. The van der Waals surface area contributed by atoms with Crippen LogP contribution >= 0.6 is 0 Å². The number of hydrogen-bond acceptors (Lipinski definition) is 3. The number of fused-ring (bicyclic) bond motifs is 1. The monoisotopic (exact) mass is 308 g/mol. The highest BCUT2D eigenvalue weighted by Gasteiger charge is 2.16. The number of aromatic amines is 1. The Labute approximate surface area is 135 Å². The maximum Gasteiger partial charge on any atom is 0.253 e. The topological polar surface area (TPSA) is 70.7 Å². The van der Waals surface area contributed by atoms with Gasteiger partial charge in [0, 0.05) is 5.69 Å². The molecule has 0 aliphatic carbocycles. The molecule has 0 aliphatic heterocycles. The van der Waals surface area contributed by atoms with Crippen LogP contribution in [0.1, 0.15) is 47.5 Å². The third-order valence-electron chi connectivity index (χ3n) is 3.92. The fourth-order valence-electron chi connectivity index (χ4n) is 2.57. The molecule has 2 aromatic heterocycles. The lowest BCUT2D eigenvalue weighted by molar-refractivity contribution is 0.0937. The van der Waals surface area contributed by atoms with Gasteiger partial charge in [0.1, 0.15) is 5.82 Å². The predicted molar refractivity (Wildman–Crippen MR) is 90.3 cm³/mol. The Morgan fingerprint density at radius 3 is 2.70 bits per heavy atom. The summed E-state index contributed by atoms with van der Waals surface area (Å²) in [5, 5.41) is 2.98. The number of nitrogens with one attached hydrogen (secondary N) is 2. The number of H-pyrrole nitrogens is 1. The van der Waals surface area contributed by atoms with Gasteiger partial charge in [0.2, 0.25) is 0 Å². The number of hydrogen-bond donors (Lipinski definition) is 2. The van der Waals surface area contributed by atoms with Crippen molar-refractivity contribution < 1.29 is 4.79 Å². The minimum atomic E-state index is -0.208. The molecule has 23 heavy (non-hydrogen) atoms. The van der Waals surface area contributed by atoms with Crippen molar-refractivity contribution in [2.45, 2.75) is 33.2 Å². The Bertz CT molecular complexity index is 820. The molecule has 0 saturated heterocycles. The number of pyridine rings is 1. The number of aromatic nitrogens is 3. The van der Waals surface area contributed by atoms with E-state index < -0.39 is 0 Å². The fourth-order valence-corrected chi connectivity index (χ4v) is 2.57. The van der Waals surface area contributed by atoms with E-state index in [1.807, 2.05) is 57.2 Å². The van der Waals surface area contributed by atoms with Gasteiger partial charge in [-0.1, -0.05) is 19.1 Å². The first-order chi connectivity index (χ1) is 11.1. The summed E-state index contributed by atoms with van der Waals surface area (Å²) in [7, 11) is 0. The van der Waals surface area contributed by atoms with Crippen molar-refractivity contribution in [1.29, 1.82) is 0 Å². The molecule has 0 aliphatic rings. The number of carbonyl (C=O) groups is 1. The molecule has 0 radical (unpaired) electrons. The number of amides is 1. The molecule has 118 valence electrons. The molecule has 5 nitrogen and oxygen atoms in total. The molecular weight excluding hydrogens is 288 g/mol. The normalized spacial score (nSPS) is 12.3. The van der Waals surface area contributed by atoms with Crippen molar-refractivity contribution in [1.82, 2.24) is 20.3 Å². The molecule has 0 fully saturated rings.